The van der Waals surface area contributed by atoms with Gasteiger partial charge in [-0.05, 0) is 13.0 Å². The van der Waals surface area contributed by atoms with Crippen molar-refractivity contribution >= 4 is 22.4 Å². The smallest absolute Gasteiger partial charge is 0.277 e. The van der Waals surface area contributed by atoms with E-state index in [1.165, 1.54) is 11.3 Å². The Bertz CT molecular complexity index is 532. The molecule has 1 atom stereocenters. The van der Waals surface area contributed by atoms with Crippen molar-refractivity contribution in [1.29, 1.82) is 0 Å². The lowest BCUT2D eigenvalue weighted by Gasteiger charge is -1.98. The maximum atomic E-state index is 11.7. The first-order valence-electron chi connectivity index (χ1n) is 5.01. The average molecular weight is 252 g/mol. The van der Waals surface area contributed by atoms with E-state index in [1.807, 2.05) is 0 Å². The molecule has 2 rings (SSSR count). The summed E-state index contributed by atoms with van der Waals surface area (Å²) >= 11 is 1.27. The monoisotopic (exact) mass is 252 g/mol. The molecule has 0 saturated carbocycles. The minimum atomic E-state index is -0.633. The lowest BCUT2D eigenvalue weighted by Crippen LogP contribution is -2.13. The fraction of sp³-hybridized carbons (Fsp3) is 0.300. The Labute approximate surface area is 102 Å². The fourth-order valence-electron chi connectivity index (χ4n) is 1.23. The average Bonchev–Trinajstić information content (AvgIpc) is 2.86. The summed E-state index contributed by atoms with van der Waals surface area (Å²) < 4.78 is 1.55. The number of aliphatic hydroxyl groups is 1. The summed E-state index contributed by atoms with van der Waals surface area (Å²) in [4.78, 5) is 15.8. The number of aliphatic hydroxyl groups excluding tert-OH is 1. The van der Waals surface area contributed by atoms with Gasteiger partial charge in [-0.2, -0.15) is 5.10 Å². The van der Waals surface area contributed by atoms with Crippen molar-refractivity contribution in [1.82, 2.24) is 14.8 Å². The fourth-order valence-corrected chi connectivity index (χ4v) is 2.02. The van der Waals surface area contributed by atoms with Crippen LogP contribution in [0, 0.1) is 0 Å². The molecule has 0 radical (unpaired) electrons. The summed E-state index contributed by atoms with van der Waals surface area (Å²) in [7, 11) is 1.74. The Balaban J connectivity index is 2.07. The third kappa shape index (κ3) is 2.69. The summed E-state index contributed by atoms with van der Waals surface area (Å²) in [5.41, 5.74) is 0.882. The van der Waals surface area contributed by atoms with E-state index in [0.29, 0.717) is 16.5 Å². The van der Waals surface area contributed by atoms with Gasteiger partial charge in [0, 0.05) is 18.6 Å². The van der Waals surface area contributed by atoms with E-state index in [9.17, 15) is 9.90 Å². The number of hydrogen-bond acceptors (Lipinski definition) is 5. The molecule has 2 aromatic rings. The number of carbonyl (C=O) groups excluding carboxylic acids is 1. The standard InChI is InChI=1S/C10H12N4O2S/c1-6(15)8-5-17-10(11-8)12-9(16)7-3-4-14(2)13-7/h3-6,15H,1-2H3,(H,11,12,16). The molecule has 0 aliphatic heterocycles. The zero-order valence-electron chi connectivity index (χ0n) is 9.41. The van der Waals surface area contributed by atoms with Crippen LogP contribution in [-0.4, -0.2) is 25.8 Å². The molecule has 17 heavy (non-hydrogen) atoms. The Morgan fingerprint density at radius 3 is 2.94 bits per heavy atom. The zero-order valence-corrected chi connectivity index (χ0v) is 10.2. The molecule has 0 fully saturated rings. The van der Waals surface area contributed by atoms with Gasteiger partial charge in [0.25, 0.3) is 5.91 Å². The molecule has 2 aromatic heterocycles. The number of nitrogens with zero attached hydrogens (tertiary/aromatic N) is 3. The van der Waals surface area contributed by atoms with Gasteiger partial charge >= 0.3 is 0 Å². The van der Waals surface area contributed by atoms with Crippen LogP contribution in [0.3, 0.4) is 0 Å². The van der Waals surface area contributed by atoms with Crippen LogP contribution in [0.5, 0.6) is 0 Å². The van der Waals surface area contributed by atoms with Gasteiger partial charge in [0.2, 0.25) is 0 Å². The minimum Gasteiger partial charge on any atom is -0.387 e. The number of aromatic nitrogens is 3. The van der Waals surface area contributed by atoms with E-state index >= 15 is 0 Å². The number of carbonyl (C=O) groups is 1. The van der Waals surface area contributed by atoms with Crippen molar-refractivity contribution in [3.63, 3.8) is 0 Å². The van der Waals surface area contributed by atoms with Crippen molar-refractivity contribution < 1.29 is 9.90 Å². The molecule has 1 amide bonds. The summed E-state index contributed by atoms with van der Waals surface area (Å²) in [5, 5.41) is 18.1. The molecular formula is C10H12N4O2S. The van der Waals surface area contributed by atoms with Gasteiger partial charge in [0.05, 0.1) is 11.8 Å². The Hall–Kier alpha value is -1.73. The predicted molar refractivity (Wildman–Crippen MR) is 63.9 cm³/mol. The van der Waals surface area contributed by atoms with E-state index in [2.05, 4.69) is 15.4 Å². The van der Waals surface area contributed by atoms with Crippen molar-refractivity contribution in [2.45, 2.75) is 13.0 Å². The molecule has 0 aliphatic carbocycles. The third-order valence-corrected chi connectivity index (χ3v) is 2.89. The van der Waals surface area contributed by atoms with Crippen LogP contribution in [0.25, 0.3) is 0 Å². The summed E-state index contributed by atoms with van der Waals surface area (Å²) in [5.74, 6) is -0.308. The van der Waals surface area contributed by atoms with Gasteiger partial charge in [-0.25, -0.2) is 4.98 Å². The molecule has 90 valence electrons. The van der Waals surface area contributed by atoms with Crippen LogP contribution in [0.4, 0.5) is 5.13 Å². The third-order valence-electron chi connectivity index (χ3n) is 2.12. The first-order chi connectivity index (χ1) is 8.06. The second-order valence-electron chi connectivity index (χ2n) is 3.58. The summed E-state index contributed by atoms with van der Waals surface area (Å²) in [6.07, 6.45) is 1.06. The summed E-state index contributed by atoms with van der Waals surface area (Å²) in [6, 6.07) is 1.62. The van der Waals surface area contributed by atoms with E-state index < -0.39 is 6.10 Å². The second-order valence-corrected chi connectivity index (χ2v) is 4.44. The molecule has 2 heterocycles. The molecule has 2 N–H and O–H groups in total. The van der Waals surface area contributed by atoms with Gasteiger partial charge in [0.1, 0.15) is 0 Å². The normalized spacial score (nSPS) is 12.4. The molecule has 0 bridgehead atoms. The molecule has 7 heteroatoms. The van der Waals surface area contributed by atoms with Gasteiger partial charge in [0.15, 0.2) is 10.8 Å². The van der Waals surface area contributed by atoms with Gasteiger partial charge in [-0.3, -0.25) is 14.8 Å². The first-order valence-corrected chi connectivity index (χ1v) is 5.88. The lowest BCUT2D eigenvalue weighted by atomic mass is 10.3. The molecule has 6 nitrogen and oxygen atoms in total. The Kier molecular flexibility index (Phi) is 3.21. The number of anilines is 1. The van der Waals surface area contributed by atoms with E-state index in [0.717, 1.165) is 0 Å². The van der Waals surface area contributed by atoms with Gasteiger partial charge in [-0.15, -0.1) is 11.3 Å². The van der Waals surface area contributed by atoms with Crippen LogP contribution in [0.15, 0.2) is 17.6 Å². The van der Waals surface area contributed by atoms with Crippen LogP contribution in [0.1, 0.15) is 29.2 Å². The quantitative estimate of drug-likeness (QED) is 0.859. The number of thiazole rings is 1. The van der Waals surface area contributed by atoms with Gasteiger partial charge < -0.3 is 5.11 Å². The van der Waals surface area contributed by atoms with E-state index in [4.69, 9.17) is 0 Å². The Morgan fingerprint density at radius 2 is 2.41 bits per heavy atom. The van der Waals surface area contributed by atoms with Crippen molar-refractivity contribution in [3.05, 3.63) is 29.0 Å². The highest BCUT2D eigenvalue weighted by molar-refractivity contribution is 7.14. The predicted octanol–water partition coefficient (Wildman–Crippen LogP) is 1.18. The highest BCUT2D eigenvalue weighted by Gasteiger charge is 2.12. The van der Waals surface area contributed by atoms with Crippen molar-refractivity contribution in [2.24, 2.45) is 7.05 Å². The summed E-state index contributed by atoms with van der Waals surface area (Å²) in [6.45, 7) is 1.62. The number of hydrogen-bond donors (Lipinski definition) is 2. The maximum absolute atomic E-state index is 11.7. The largest absolute Gasteiger partial charge is 0.387 e. The molecule has 0 aliphatic rings. The minimum absolute atomic E-state index is 0.308. The number of nitrogens with one attached hydrogen (secondary N) is 1. The topological polar surface area (TPSA) is 80.0 Å². The molecule has 0 spiro atoms. The number of rotatable bonds is 3. The van der Waals surface area contributed by atoms with Gasteiger partial charge in [-0.1, -0.05) is 0 Å². The van der Waals surface area contributed by atoms with Crippen molar-refractivity contribution in [3.8, 4) is 0 Å². The first kappa shape index (κ1) is 11.7. The van der Waals surface area contributed by atoms with Crippen LogP contribution in [0.2, 0.25) is 0 Å². The zero-order chi connectivity index (χ0) is 12.4. The molecule has 0 saturated heterocycles. The number of aryl methyl sites for hydroxylation is 1. The lowest BCUT2D eigenvalue weighted by molar-refractivity contribution is 0.102. The number of amides is 1. The highest BCUT2D eigenvalue weighted by atomic mass is 32.1. The van der Waals surface area contributed by atoms with Crippen LogP contribution in [-0.2, 0) is 7.05 Å². The molecular weight excluding hydrogens is 240 g/mol. The van der Waals surface area contributed by atoms with E-state index in [1.54, 1.807) is 36.3 Å². The Morgan fingerprint density at radius 1 is 1.65 bits per heavy atom. The molecule has 1 unspecified atom stereocenters. The second kappa shape index (κ2) is 4.64. The SMILES string of the molecule is CC(O)c1csc(NC(=O)c2ccn(C)n2)n1. The maximum Gasteiger partial charge on any atom is 0.277 e. The van der Waals surface area contributed by atoms with E-state index in [-0.39, 0.29) is 5.91 Å². The highest BCUT2D eigenvalue weighted by Crippen LogP contribution is 2.20. The van der Waals surface area contributed by atoms with Crippen LogP contribution >= 0.6 is 11.3 Å². The molecule has 0 aromatic carbocycles. The van der Waals surface area contributed by atoms with Crippen LogP contribution < -0.4 is 5.32 Å². The van der Waals surface area contributed by atoms with Crippen molar-refractivity contribution in [2.75, 3.05) is 5.32 Å².